The molecule has 5 nitrogen and oxygen atoms in total. The Morgan fingerprint density at radius 2 is 1.93 bits per heavy atom. The van der Waals surface area contributed by atoms with Crippen LogP contribution in [0, 0.1) is 0 Å². The van der Waals surface area contributed by atoms with Crippen LogP contribution in [0.25, 0.3) is 11.0 Å². The number of benzene rings is 1. The number of hydrogen-bond acceptors (Lipinski definition) is 4. The minimum Gasteiger partial charge on any atom is -0.371 e. The Kier molecular flexibility index (Phi) is 4.65. The third-order valence-electron chi connectivity index (χ3n) is 6.65. The van der Waals surface area contributed by atoms with E-state index in [0.29, 0.717) is 11.7 Å². The fourth-order valence-corrected chi connectivity index (χ4v) is 5.08. The minimum absolute atomic E-state index is 0.110. The lowest BCUT2D eigenvalue weighted by Crippen LogP contribution is -2.37. The van der Waals surface area contributed by atoms with E-state index in [0.717, 1.165) is 29.7 Å². The molecule has 1 saturated carbocycles. The summed E-state index contributed by atoms with van der Waals surface area (Å²) in [7, 11) is 0. The second kappa shape index (κ2) is 7.30. The van der Waals surface area contributed by atoms with Crippen molar-refractivity contribution in [2.45, 2.75) is 63.6 Å². The van der Waals surface area contributed by atoms with Gasteiger partial charge in [-0.25, -0.2) is 4.98 Å². The van der Waals surface area contributed by atoms with Gasteiger partial charge in [-0.05, 0) is 48.9 Å². The topological polar surface area (TPSA) is 65.0 Å². The summed E-state index contributed by atoms with van der Waals surface area (Å²) in [6.45, 7) is 2.91. The van der Waals surface area contributed by atoms with Crippen LogP contribution in [-0.2, 0) is 6.42 Å². The molecule has 0 bridgehead atoms. The molecule has 1 aliphatic carbocycles. The van der Waals surface area contributed by atoms with Gasteiger partial charge in [0.05, 0.1) is 11.0 Å². The fourth-order valence-electron chi connectivity index (χ4n) is 5.08. The zero-order chi connectivity index (χ0) is 19.1. The molecule has 0 amide bonds. The molecule has 1 aliphatic heterocycles. The Bertz CT molecular complexity index is 976. The second-order valence-corrected chi connectivity index (χ2v) is 8.28. The Morgan fingerprint density at radius 1 is 1.11 bits per heavy atom. The summed E-state index contributed by atoms with van der Waals surface area (Å²) in [6, 6.07) is 10.6. The number of aromatic amines is 1. The smallest absolute Gasteiger partial charge is 0.166 e. The number of pyridine rings is 1. The molecule has 5 rings (SSSR count). The van der Waals surface area contributed by atoms with E-state index >= 15 is 0 Å². The van der Waals surface area contributed by atoms with Gasteiger partial charge in [-0.1, -0.05) is 37.5 Å². The molecule has 1 fully saturated rings. The van der Waals surface area contributed by atoms with Crippen LogP contribution < -0.4 is 0 Å². The first-order chi connectivity index (χ1) is 13.7. The van der Waals surface area contributed by atoms with Gasteiger partial charge in [0.2, 0.25) is 0 Å². The van der Waals surface area contributed by atoms with Crippen LogP contribution in [0.4, 0.5) is 0 Å². The number of aromatic nitrogens is 3. The number of para-hydroxylation sites is 1. The van der Waals surface area contributed by atoms with Gasteiger partial charge < -0.3 is 10.1 Å². The number of hydrogen-bond donors (Lipinski definition) is 2. The zero-order valence-corrected chi connectivity index (χ0v) is 16.4. The molecular weight excluding hydrogens is 348 g/mol. The molecule has 3 aromatic rings. The molecule has 3 heterocycles. The molecule has 146 valence electrons. The number of nitrogens with one attached hydrogen (secondary N) is 1. The summed E-state index contributed by atoms with van der Waals surface area (Å²) in [5, 5.41) is 11.2. The summed E-state index contributed by atoms with van der Waals surface area (Å²) in [5.74, 6) is 1.25. The minimum atomic E-state index is -0.741. The van der Waals surface area contributed by atoms with Crippen LogP contribution >= 0.6 is 0 Å². The third kappa shape index (κ3) is 3.03. The average Bonchev–Trinajstić information content (AvgIpc) is 3.19. The van der Waals surface area contributed by atoms with E-state index in [2.05, 4.69) is 46.1 Å². The number of H-pyrrole nitrogens is 1. The van der Waals surface area contributed by atoms with Crippen LogP contribution in [0.3, 0.4) is 0 Å². The SMILES string of the molecule is CC1c2cccnc2CCN1C(O)c1nc2c(C3CCCCC3)cccc2[nH]1. The van der Waals surface area contributed by atoms with Crippen LogP contribution in [0.1, 0.15) is 79.9 Å². The molecule has 0 radical (unpaired) electrons. The highest BCUT2D eigenvalue weighted by molar-refractivity contribution is 5.79. The molecule has 0 saturated heterocycles. The summed E-state index contributed by atoms with van der Waals surface area (Å²) in [6.07, 6.45) is 8.41. The predicted octanol–water partition coefficient (Wildman–Crippen LogP) is 4.62. The first kappa shape index (κ1) is 17.8. The Morgan fingerprint density at radius 3 is 2.79 bits per heavy atom. The van der Waals surface area contributed by atoms with Crippen LogP contribution in [-0.4, -0.2) is 31.5 Å². The van der Waals surface area contributed by atoms with Crippen molar-refractivity contribution in [2.75, 3.05) is 6.54 Å². The van der Waals surface area contributed by atoms with Crippen molar-refractivity contribution in [3.8, 4) is 0 Å². The number of rotatable bonds is 3. The highest BCUT2D eigenvalue weighted by atomic mass is 16.3. The maximum Gasteiger partial charge on any atom is 0.166 e. The third-order valence-corrected chi connectivity index (χ3v) is 6.65. The van der Waals surface area contributed by atoms with Gasteiger partial charge in [0, 0.05) is 30.9 Å². The van der Waals surface area contributed by atoms with Gasteiger partial charge in [-0.2, -0.15) is 0 Å². The number of aliphatic hydroxyl groups excluding tert-OH is 1. The molecule has 28 heavy (non-hydrogen) atoms. The highest BCUT2D eigenvalue weighted by Gasteiger charge is 2.31. The predicted molar refractivity (Wildman–Crippen MR) is 110 cm³/mol. The van der Waals surface area contributed by atoms with Gasteiger partial charge in [-0.15, -0.1) is 0 Å². The first-order valence-corrected chi connectivity index (χ1v) is 10.6. The van der Waals surface area contributed by atoms with Crippen molar-refractivity contribution >= 4 is 11.0 Å². The lowest BCUT2D eigenvalue weighted by atomic mass is 9.83. The molecule has 2 aliphatic rings. The van der Waals surface area contributed by atoms with Crippen LogP contribution in [0.15, 0.2) is 36.5 Å². The molecule has 2 aromatic heterocycles. The average molecular weight is 377 g/mol. The van der Waals surface area contributed by atoms with E-state index in [1.165, 1.54) is 43.2 Å². The molecule has 1 aromatic carbocycles. The number of nitrogens with zero attached hydrogens (tertiary/aromatic N) is 3. The maximum absolute atomic E-state index is 11.2. The molecular formula is C23H28N4O. The summed E-state index contributed by atoms with van der Waals surface area (Å²) in [5.41, 5.74) is 5.75. The summed E-state index contributed by atoms with van der Waals surface area (Å²) >= 11 is 0. The van der Waals surface area contributed by atoms with E-state index < -0.39 is 6.23 Å². The van der Waals surface area contributed by atoms with Gasteiger partial charge in [0.15, 0.2) is 12.1 Å². The lowest BCUT2D eigenvalue weighted by molar-refractivity contribution is -0.0339. The first-order valence-electron chi connectivity index (χ1n) is 10.6. The van der Waals surface area contributed by atoms with Gasteiger partial charge >= 0.3 is 0 Å². The van der Waals surface area contributed by atoms with Crippen LogP contribution in [0.5, 0.6) is 0 Å². The maximum atomic E-state index is 11.2. The number of fused-ring (bicyclic) bond motifs is 2. The molecule has 2 N–H and O–H groups in total. The number of imidazole rings is 1. The fraction of sp³-hybridized carbons (Fsp3) is 0.478. The lowest BCUT2D eigenvalue weighted by Gasteiger charge is -2.36. The van der Waals surface area contributed by atoms with Crippen LogP contribution in [0.2, 0.25) is 0 Å². The summed E-state index contributed by atoms with van der Waals surface area (Å²) in [4.78, 5) is 14.9. The standard InChI is InChI=1S/C23H28N4O/c1-15-17-10-6-13-24-19(17)12-14-27(15)23(28)22-25-20-11-5-9-18(21(20)26-22)16-7-3-2-4-8-16/h5-6,9-11,13,15-16,23,28H,2-4,7-8,12,14H2,1H3,(H,25,26). The van der Waals surface area contributed by atoms with Crippen molar-refractivity contribution in [3.05, 3.63) is 59.2 Å². The van der Waals surface area contributed by atoms with Crippen molar-refractivity contribution < 1.29 is 5.11 Å². The Balaban J connectivity index is 1.46. The highest BCUT2D eigenvalue weighted by Crippen LogP contribution is 2.37. The molecule has 2 atom stereocenters. The van der Waals surface area contributed by atoms with Gasteiger partial charge in [0.1, 0.15) is 0 Å². The molecule has 5 heteroatoms. The molecule has 0 spiro atoms. The second-order valence-electron chi connectivity index (χ2n) is 8.28. The largest absolute Gasteiger partial charge is 0.371 e. The van der Waals surface area contributed by atoms with E-state index in [-0.39, 0.29) is 6.04 Å². The van der Waals surface area contributed by atoms with Crippen molar-refractivity contribution in [1.82, 2.24) is 19.9 Å². The van der Waals surface area contributed by atoms with Crippen molar-refractivity contribution in [2.24, 2.45) is 0 Å². The van der Waals surface area contributed by atoms with Gasteiger partial charge in [0.25, 0.3) is 0 Å². The quantitative estimate of drug-likeness (QED) is 0.700. The normalized spacial score (nSPS) is 22.3. The molecule has 2 unspecified atom stereocenters. The van der Waals surface area contributed by atoms with E-state index in [1.54, 1.807) is 0 Å². The monoisotopic (exact) mass is 376 g/mol. The van der Waals surface area contributed by atoms with Crippen molar-refractivity contribution in [3.63, 3.8) is 0 Å². The van der Waals surface area contributed by atoms with E-state index in [9.17, 15) is 5.11 Å². The Labute approximate surface area is 165 Å². The zero-order valence-electron chi connectivity index (χ0n) is 16.4. The van der Waals surface area contributed by atoms with E-state index in [1.807, 2.05) is 12.3 Å². The number of aliphatic hydroxyl groups is 1. The van der Waals surface area contributed by atoms with E-state index in [4.69, 9.17) is 4.98 Å². The summed E-state index contributed by atoms with van der Waals surface area (Å²) < 4.78 is 0. The van der Waals surface area contributed by atoms with Crippen molar-refractivity contribution in [1.29, 1.82) is 0 Å². The Hall–Kier alpha value is -2.24. The van der Waals surface area contributed by atoms with Gasteiger partial charge in [-0.3, -0.25) is 9.88 Å².